The van der Waals surface area contributed by atoms with E-state index in [1.807, 2.05) is 49.4 Å². The summed E-state index contributed by atoms with van der Waals surface area (Å²) in [5, 5.41) is 13.0. The Morgan fingerprint density at radius 1 is 1.23 bits per heavy atom. The number of benzene rings is 1. The molecule has 5 heteroatoms. The number of rotatable bonds is 7. The van der Waals surface area contributed by atoms with E-state index < -0.39 is 6.10 Å². The van der Waals surface area contributed by atoms with E-state index in [-0.39, 0.29) is 11.9 Å². The third-order valence-corrected chi connectivity index (χ3v) is 4.29. The van der Waals surface area contributed by atoms with Crippen LogP contribution in [0, 0.1) is 0 Å². The highest BCUT2D eigenvalue weighted by molar-refractivity contribution is 8.00. The minimum Gasteiger partial charge on any atom is -0.391 e. The molecule has 1 heterocycles. The van der Waals surface area contributed by atoms with Crippen molar-refractivity contribution in [3.63, 3.8) is 0 Å². The van der Waals surface area contributed by atoms with Gasteiger partial charge in [-0.1, -0.05) is 30.3 Å². The minimum atomic E-state index is -0.600. The molecular formula is C17H20N2O2S. The Bertz CT molecular complexity index is 578. The van der Waals surface area contributed by atoms with E-state index >= 15 is 0 Å². The average Bonchev–Trinajstić information content (AvgIpc) is 2.55. The van der Waals surface area contributed by atoms with Crippen LogP contribution in [-0.4, -0.2) is 33.9 Å². The topological polar surface area (TPSA) is 62.2 Å². The van der Waals surface area contributed by atoms with Gasteiger partial charge in [0.05, 0.1) is 17.9 Å². The molecule has 0 aliphatic rings. The van der Waals surface area contributed by atoms with E-state index in [1.54, 1.807) is 12.4 Å². The molecule has 1 aromatic heterocycles. The summed E-state index contributed by atoms with van der Waals surface area (Å²) in [4.78, 5) is 16.9. The minimum absolute atomic E-state index is 0.0820. The van der Waals surface area contributed by atoms with Crippen molar-refractivity contribution in [2.45, 2.75) is 30.4 Å². The SMILES string of the molecule is CC(NC(=O)CSc1ccncc1)C(O)Cc1ccccc1. The predicted octanol–water partition coefficient (Wildman–Crippen LogP) is 2.28. The number of hydrogen-bond acceptors (Lipinski definition) is 4. The summed E-state index contributed by atoms with van der Waals surface area (Å²) >= 11 is 1.45. The van der Waals surface area contributed by atoms with Gasteiger partial charge in [0.15, 0.2) is 0 Å². The van der Waals surface area contributed by atoms with Crippen LogP contribution in [-0.2, 0) is 11.2 Å². The Balaban J connectivity index is 1.75. The molecule has 0 aliphatic heterocycles. The third kappa shape index (κ3) is 5.50. The van der Waals surface area contributed by atoms with Crippen molar-refractivity contribution < 1.29 is 9.90 Å². The molecule has 2 unspecified atom stereocenters. The zero-order chi connectivity index (χ0) is 15.8. The van der Waals surface area contributed by atoms with Crippen molar-refractivity contribution in [2.75, 3.05) is 5.75 Å². The molecule has 0 fully saturated rings. The molecule has 2 N–H and O–H groups in total. The summed E-state index contributed by atoms with van der Waals surface area (Å²) in [6.45, 7) is 1.82. The number of carbonyl (C=O) groups excluding carboxylic acids is 1. The van der Waals surface area contributed by atoms with Gasteiger partial charge in [0.25, 0.3) is 0 Å². The fourth-order valence-electron chi connectivity index (χ4n) is 2.01. The van der Waals surface area contributed by atoms with Crippen molar-refractivity contribution in [1.29, 1.82) is 0 Å². The summed E-state index contributed by atoms with van der Waals surface area (Å²) in [6.07, 6.45) is 3.33. The van der Waals surface area contributed by atoms with Crippen molar-refractivity contribution in [2.24, 2.45) is 0 Å². The molecule has 1 amide bonds. The number of amides is 1. The number of thioether (sulfide) groups is 1. The molecule has 22 heavy (non-hydrogen) atoms. The smallest absolute Gasteiger partial charge is 0.230 e. The molecular weight excluding hydrogens is 296 g/mol. The summed E-state index contributed by atoms with van der Waals surface area (Å²) < 4.78 is 0. The highest BCUT2D eigenvalue weighted by Crippen LogP contribution is 2.15. The first kappa shape index (κ1) is 16.5. The van der Waals surface area contributed by atoms with Crippen LogP contribution in [0.3, 0.4) is 0 Å². The molecule has 0 spiro atoms. The monoisotopic (exact) mass is 316 g/mol. The first-order valence-corrected chi connectivity index (χ1v) is 8.18. The third-order valence-electron chi connectivity index (χ3n) is 3.27. The van der Waals surface area contributed by atoms with Crippen LogP contribution in [0.1, 0.15) is 12.5 Å². The second-order valence-electron chi connectivity index (χ2n) is 5.08. The molecule has 0 radical (unpaired) electrons. The number of aliphatic hydroxyl groups excluding tert-OH is 1. The number of nitrogens with zero attached hydrogens (tertiary/aromatic N) is 1. The molecule has 2 aromatic rings. The molecule has 0 saturated carbocycles. The standard InChI is InChI=1S/C17H20N2O2S/c1-13(16(20)11-14-5-3-2-4-6-14)19-17(21)12-22-15-7-9-18-10-8-15/h2-10,13,16,20H,11-12H2,1H3,(H,19,21). The fraction of sp³-hybridized carbons (Fsp3) is 0.294. The second-order valence-corrected chi connectivity index (χ2v) is 6.13. The van der Waals surface area contributed by atoms with Crippen molar-refractivity contribution >= 4 is 17.7 Å². The van der Waals surface area contributed by atoms with Crippen LogP contribution < -0.4 is 5.32 Å². The summed E-state index contributed by atoms with van der Waals surface area (Å²) in [5.74, 6) is 0.244. The van der Waals surface area contributed by atoms with Crippen molar-refractivity contribution in [1.82, 2.24) is 10.3 Å². The van der Waals surface area contributed by atoms with Crippen LogP contribution in [0.2, 0.25) is 0 Å². The summed E-state index contributed by atoms with van der Waals surface area (Å²) in [5.41, 5.74) is 1.06. The second kappa shape index (κ2) is 8.56. The van der Waals surface area contributed by atoms with Crippen molar-refractivity contribution in [3.05, 3.63) is 60.4 Å². The summed E-state index contributed by atoms with van der Waals surface area (Å²) in [7, 11) is 0. The first-order chi connectivity index (χ1) is 10.6. The van der Waals surface area contributed by atoms with E-state index in [2.05, 4.69) is 10.3 Å². The van der Waals surface area contributed by atoms with Gasteiger partial charge < -0.3 is 10.4 Å². The Labute approximate surface area is 135 Å². The average molecular weight is 316 g/mol. The molecule has 0 saturated heterocycles. The van der Waals surface area contributed by atoms with Gasteiger partial charge in [-0.2, -0.15) is 0 Å². The van der Waals surface area contributed by atoms with Crippen molar-refractivity contribution in [3.8, 4) is 0 Å². The van der Waals surface area contributed by atoms with Crippen LogP contribution in [0.5, 0.6) is 0 Å². The fourth-order valence-corrected chi connectivity index (χ4v) is 2.70. The van der Waals surface area contributed by atoms with Gasteiger partial charge in [-0.25, -0.2) is 0 Å². The number of aromatic nitrogens is 1. The van der Waals surface area contributed by atoms with Gasteiger partial charge in [0, 0.05) is 23.7 Å². The number of aliphatic hydroxyl groups is 1. The molecule has 4 nitrogen and oxygen atoms in total. The van der Waals surface area contributed by atoms with Crippen LogP contribution in [0.25, 0.3) is 0 Å². The van der Waals surface area contributed by atoms with Gasteiger partial charge >= 0.3 is 0 Å². The lowest BCUT2D eigenvalue weighted by Gasteiger charge is -2.20. The van der Waals surface area contributed by atoms with E-state index in [4.69, 9.17) is 0 Å². The van der Waals surface area contributed by atoms with Gasteiger partial charge in [0.1, 0.15) is 0 Å². The lowest BCUT2D eigenvalue weighted by Crippen LogP contribution is -2.42. The largest absolute Gasteiger partial charge is 0.391 e. The lowest BCUT2D eigenvalue weighted by atomic mass is 10.0. The van der Waals surface area contributed by atoms with Crippen LogP contribution in [0.4, 0.5) is 0 Å². The maximum Gasteiger partial charge on any atom is 0.230 e. The van der Waals surface area contributed by atoms with E-state index in [1.165, 1.54) is 11.8 Å². The molecule has 2 rings (SSSR count). The van der Waals surface area contributed by atoms with Gasteiger partial charge in [0.2, 0.25) is 5.91 Å². The van der Waals surface area contributed by atoms with Gasteiger partial charge in [-0.05, 0) is 24.6 Å². The molecule has 1 aromatic carbocycles. The van der Waals surface area contributed by atoms with Crippen LogP contribution >= 0.6 is 11.8 Å². The Morgan fingerprint density at radius 3 is 2.59 bits per heavy atom. The summed E-state index contributed by atoms with van der Waals surface area (Å²) in [6, 6.07) is 13.2. The highest BCUT2D eigenvalue weighted by atomic mass is 32.2. The van der Waals surface area contributed by atoms with Gasteiger partial charge in [-0.3, -0.25) is 9.78 Å². The maximum absolute atomic E-state index is 11.9. The Kier molecular flexibility index (Phi) is 6.43. The highest BCUT2D eigenvalue weighted by Gasteiger charge is 2.17. The number of hydrogen-bond donors (Lipinski definition) is 2. The molecule has 0 bridgehead atoms. The maximum atomic E-state index is 11.9. The number of nitrogens with one attached hydrogen (secondary N) is 1. The van der Waals surface area contributed by atoms with E-state index in [9.17, 15) is 9.90 Å². The Morgan fingerprint density at radius 2 is 1.91 bits per heavy atom. The lowest BCUT2D eigenvalue weighted by molar-refractivity contribution is -0.119. The first-order valence-electron chi connectivity index (χ1n) is 7.19. The number of carbonyl (C=O) groups is 1. The van der Waals surface area contributed by atoms with Gasteiger partial charge in [-0.15, -0.1) is 11.8 Å². The van der Waals surface area contributed by atoms with E-state index in [0.29, 0.717) is 12.2 Å². The quantitative estimate of drug-likeness (QED) is 0.769. The molecule has 2 atom stereocenters. The Hall–Kier alpha value is -1.85. The normalized spacial score (nSPS) is 13.4. The zero-order valence-corrected chi connectivity index (χ0v) is 13.3. The molecule has 116 valence electrons. The number of pyridine rings is 1. The zero-order valence-electron chi connectivity index (χ0n) is 12.5. The molecule has 0 aliphatic carbocycles. The predicted molar refractivity (Wildman–Crippen MR) is 88.7 cm³/mol. The van der Waals surface area contributed by atoms with E-state index in [0.717, 1.165) is 10.5 Å². The van der Waals surface area contributed by atoms with Crippen LogP contribution in [0.15, 0.2) is 59.8 Å².